The average molecular weight is 287 g/mol. The van der Waals surface area contributed by atoms with E-state index in [0.29, 0.717) is 13.0 Å². The lowest BCUT2D eigenvalue weighted by molar-refractivity contribution is 0.0529. The zero-order valence-corrected chi connectivity index (χ0v) is 12.7. The van der Waals surface area contributed by atoms with Crippen LogP contribution in [0.2, 0.25) is 0 Å². The van der Waals surface area contributed by atoms with E-state index in [1.165, 1.54) is 5.56 Å². The first-order valence-corrected chi connectivity index (χ1v) is 7.12. The van der Waals surface area contributed by atoms with Gasteiger partial charge in [-0.3, -0.25) is 0 Å². The van der Waals surface area contributed by atoms with Gasteiger partial charge < -0.3 is 15.4 Å². The molecule has 2 N–H and O–H groups in total. The molecule has 5 nitrogen and oxygen atoms in total. The number of pyridine rings is 1. The third-order valence-electron chi connectivity index (χ3n) is 2.80. The third kappa shape index (κ3) is 4.99. The number of nitrogens with one attached hydrogen (secondary N) is 2. The molecule has 0 saturated carbocycles. The maximum atomic E-state index is 11.4. The molecule has 2 rings (SSSR count). The average Bonchev–Trinajstić information content (AvgIpc) is 2.83. The van der Waals surface area contributed by atoms with Gasteiger partial charge in [-0.15, -0.1) is 0 Å². The molecule has 0 aliphatic carbocycles. The van der Waals surface area contributed by atoms with E-state index in [1.54, 1.807) is 6.20 Å². The van der Waals surface area contributed by atoms with Crippen LogP contribution in [0.25, 0.3) is 0 Å². The summed E-state index contributed by atoms with van der Waals surface area (Å²) in [4.78, 5) is 15.7. The van der Waals surface area contributed by atoms with E-state index < -0.39 is 11.7 Å². The summed E-state index contributed by atoms with van der Waals surface area (Å²) in [7, 11) is 0. The number of fused-ring (bicyclic) bond motifs is 1. The molecule has 0 atom stereocenters. The molecule has 0 bridgehead atoms. The summed E-state index contributed by atoms with van der Waals surface area (Å²) < 4.78 is 5.14. The Bertz CT molecular complexity index is 579. The Kier molecular flexibility index (Phi) is 4.69. The number of rotatable bonds is 2. The molecule has 1 amide bonds. The standard InChI is InChI=1S/C16H21N3O2/c1-16(2,3)21-15(20)18-8-5-4-6-12-10-13-7-9-17-14(13)19-11-12/h10-11H,5,7-9H2,1-3H3,(H,17,19)(H,18,20). The molecule has 0 spiro atoms. The summed E-state index contributed by atoms with van der Waals surface area (Å²) >= 11 is 0. The summed E-state index contributed by atoms with van der Waals surface area (Å²) in [6, 6.07) is 2.07. The predicted molar refractivity (Wildman–Crippen MR) is 82.2 cm³/mol. The fraction of sp³-hybridized carbons (Fsp3) is 0.500. The van der Waals surface area contributed by atoms with Gasteiger partial charge in [-0.1, -0.05) is 11.8 Å². The van der Waals surface area contributed by atoms with Crippen LogP contribution in [0.5, 0.6) is 0 Å². The molecule has 0 fully saturated rings. The van der Waals surface area contributed by atoms with Gasteiger partial charge >= 0.3 is 6.09 Å². The SMILES string of the molecule is CC(C)(C)OC(=O)NCCC#Cc1cnc2c(c1)CCN2. The number of aromatic nitrogens is 1. The summed E-state index contributed by atoms with van der Waals surface area (Å²) in [5.74, 6) is 7.06. The van der Waals surface area contributed by atoms with Crippen LogP contribution in [-0.4, -0.2) is 29.8 Å². The highest BCUT2D eigenvalue weighted by atomic mass is 16.6. The van der Waals surface area contributed by atoms with Crippen LogP contribution in [-0.2, 0) is 11.2 Å². The molecular formula is C16H21N3O2. The van der Waals surface area contributed by atoms with Crippen molar-refractivity contribution in [2.45, 2.75) is 39.2 Å². The lowest BCUT2D eigenvalue weighted by atomic mass is 10.1. The highest BCUT2D eigenvalue weighted by Gasteiger charge is 2.15. The Morgan fingerprint density at radius 3 is 3.10 bits per heavy atom. The van der Waals surface area contributed by atoms with Crippen LogP contribution in [0.3, 0.4) is 0 Å². The van der Waals surface area contributed by atoms with E-state index in [4.69, 9.17) is 4.74 Å². The first-order valence-electron chi connectivity index (χ1n) is 7.12. The van der Waals surface area contributed by atoms with E-state index in [1.807, 2.05) is 20.8 Å². The van der Waals surface area contributed by atoms with Crippen molar-refractivity contribution in [1.82, 2.24) is 10.3 Å². The number of carbonyl (C=O) groups is 1. The maximum Gasteiger partial charge on any atom is 0.407 e. The number of carbonyl (C=O) groups excluding carboxylic acids is 1. The molecular weight excluding hydrogens is 266 g/mol. The first-order chi connectivity index (χ1) is 9.94. The van der Waals surface area contributed by atoms with Crippen LogP contribution in [0.4, 0.5) is 10.6 Å². The number of hydrogen-bond donors (Lipinski definition) is 2. The molecule has 1 aromatic rings. The second kappa shape index (κ2) is 6.49. The van der Waals surface area contributed by atoms with Crippen molar-refractivity contribution in [1.29, 1.82) is 0 Å². The molecule has 0 saturated heterocycles. The zero-order chi connectivity index (χ0) is 15.3. The van der Waals surface area contributed by atoms with E-state index in [2.05, 4.69) is 33.5 Å². The minimum Gasteiger partial charge on any atom is -0.444 e. The number of amides is 1. The third-order valence-corrected chi connectivity index (χ3v) is 2.80. The molecule has 112 valence electrons. The lowest BCUT2D eigenvalue weighted by Crippen LogP contribution is -2.32. The number of anilines is 1. The van der Waals surface area contributed by atoms with Crippen LogP contribution in [0.15, 0.2) is 12.3 Å². The van der Waals surface area contributed by atoms with Crippen molar-refractivity contribution in [3.8, 4) is 11.8 Å². The Balaban J connectivity index is 1.76. The zero-order valence-electron chi connectivity index (χ0n) is 12.7. The lowest BCUT2D eigenvalue weighted by Gasteiger charge is -2.19. The molecule has 0 aromatic carbocycles. The van der Waals surface area contributed by atoms with Crippen molar-refractivity contribution >= 4 is 11.9 Å². The minimum atomic E-state index is -0.472. The van der Waals surface area contributed by atoms with Gasteiger partial charge in [0.1, 0.15) is 11.4 Å². The van der Waals surface area contributed by atoms with Gasteiger partial charge in [0.2, 0.25) is 0 Å². The molecule has 2 heterocycles. The van der Waals surface area contributed by atoms with Crippen LogP contribution in [0, 0.1) is 11.8 Å². The van der Waals surface area contributed by atoms with Crippen LogP contribution < -0.4 is 10.6 Å². The van der Waals surface area contributed by atoms with E-state index >= 15 is 0 Å². The van der Waals surface area contributed by atoms with Crippen LogP contribution in [0.1, 0.15) is 38.3 Å². The number of ether oxygens (including phenoxy) is 1. The molecule has 21 heavy (non-hydrogen) atoms. The van der Waals surface area contributed by atoms with Gasteiger partial charge in [0.15, 0.2) is 0 Å². The van der Waals surface area contributed by atoms with Gasteiger partial charge in [0, 0.05) is 31.3 Å². The number of hydrogen-bond acceptors (Lipinski definition) is 4. The summed E-state index contributed by atoms with van der Waals surface area (Å²) in [6.45, 7) is 6.92. The van der Waals surface area contributed by atoms with Crippen molar-refractivity contribution in [2.75, 3.05) is 18.4 Å². The Hall–Kier alpha value is -2.22. The van der Waals surface area contributed by atoms with Crippen molar-refractivity contribution in [3.63, 3.8) is 0 Å². The monoisotopic (exact) mass is 287 g/mol. The molecule has 1 aliphatic heterocycles. The molecule has 1 aromatic heterocycles. The van der Waals surface area contributed by atoms with E-state index in [9.17, 15) is 4.79 Å². The Morgan fingerprint density at radius 1 is 1.52 bits per heavy atom. The van der Waals surface area contributed by atoms with Crippen molar-refractivity contribution < 1.29 is 9.53 Å². The van der Waals surface area contributed by atoms with E-state index in [-0.39, 0.29) is 0 Å². The van der Waals surface area contributed by atoms with Gasteiger partial charge in [-0.25, -0.2) is 9.78 Å². The quantitative estimate of drug-likeness (QED) is 0.647. The first kappa shape index (κ1) is 15.2. The second-order valence-electron chi connectivity index (χ2n) is 5.89. The van der Waals surface area contributed by atoms with Crippen molar-refractivity contribution in [3.05, 3.63) is 23.4 Å². The number of nitrogens with zero attached hydrogens (tertiary/aromatic N) is 1. The fourth-order valence-electron chi connectivity index (χ4n) is 1.95. The number of alkyl carbamates (subject to hydrolysis) is 1. The Morgan fingerprint density at radius 2 is 2.33 bits per heavy atom. The minimum absolute atomic E-state index is 0.408. The summed E-state index contributed by atoms with van der Waals surface area (Å²) in [5, 5.41) is 5.89. The van der Waals surface area contributed by atoms with E-state index in [0.717, 1.165) is 24.3 Å². The van der Waals surface area contributed by atoms with Gasteiger partial charge in [-0.05, 0) is 38.8 Å². The highest BCUT2D eigenvalue weighted by molar-refractivity contribution is 5.67. The normalized spacial score (nSPS) is 12.7. The largest absolute Gasteiger partial charge is 0.444 e. The summed E-state index contributed by atoms with van der Waals surface area (Å²) in [6.07, 6.45) is 2.94. The molecule has 1 aliphatic rings. The summed E-state index contributed by atoms with van der Waals surface area (Å²) in [5.41, 5.74) is 1.66. The second-order valence-corrected chi connectivity index (χ2v) is 5.89. The van der Waals surface area contributed by atoms with Gasteiger partial charge in [0.25, 0.3) is 0 Å². The molecule has 0 unspecified atom stereocenters. The van der Waals surface area contributed by atoms with Gasteiger partial charge in [0.05, 0.1) is 0 Å². The fourth-order valence-corrected chi connectivity index (χ4v) is 1.95. The highest BCUT2D eigenvalue weighted by Crippen LogP contribution is 2.19. The Labute approximate surface area is 125 Å². The topological polar surface area (TPSA) is 63.2 Å². The predicted octanol–water partition coefficient (Wildman–Crippen LogP) is 2.32. The maximum absolute atomic E-state index is 11.4. The molecule has 0 radical (unpaired) electrons. The van der Waals surface area contributed by atoms with Crippen molar-refractivity contribution in [2.24, 2.45) is 0 Å². The molecule has 5 heteroatoms. The van der Waals surface area contributed by atoms with Crippen LogP contribution >= 0.6 is 0 Å². The van der Waals surface area contributed by atoms with Gasteiger partial charge in [-0.2, -0.15) is 0 Å². The smallest absolute Gasteiger partial charge is 0.407 e.